The molecular formula is C19H21N3O4. The lowest BCUT2D eigenvalue weighted by Crippen LogP contribution is -2.47. The highest BCUT2D eigenvalue weighted by Crippen LogP contribution is 2.30. The van der Waals surface area contributed by atoms with Crippen LogP contribution in [0.25, 0.3) is 0 Å². The summed E-state index contributed by atoms with van der Waals surface area (Å²) in [7, 11) is 1.87. The molecule has 26 heavy (non-hydrogen) atoms. The van der Waals surface area contributed by atoms with Crippen LogP contribution in [0, 0.1) is 10.1 Å². The number of amides is 1. The van der Waals surface area contributed by atoms with Crippen LogP contribution in [-0.4, -0.2) is 41.9 Å². The van der Waals surface area contributed by atoms with Crippen LogP contribution >= 0.6 is 0 Å². The Morgan fingerprint density at radius 1 is 1.27 bits per heavy atom. The lowest BCUT2D eigenvalue weighted by atomic mass is 10.0. The number of rotatable bonds is 5. The van der Waals surface area contributed by atoms with Gasteiger partial charge in [0.25, 0.3) is 11.6 Å². The van der Waals surface area contributed by atoms with Gasteiger partial charge >= 0.3 is 0 Å². The van der Waals surface area contributed by atoms with Gasteiger partial charge in [-0.25, -0.2) is 0 Å². The topological polar surface area (TPSA) is 84.7 Å². The molecule has 3 rings (SSSR count). The van der Waals surface area contributed by atoms with Crippen LogP contribution in [0.4, 0.5) is 5.69 Å². The van der Waals surface area contributed by atoms with Crippen LogP contribution in [0.2, 0.25) is 0 Å². The van der Waals surface area contributed by atoms with E-state index in [1.165, 1.54) is 18.2 Å². The summed E-state index contributed by atoms with van der Waals surface area (Å²) in [5.74, 6) is 0.639. The Kier molecular flexibility index (Phi) is 5.48. The number of likely N-dealkylation sites (tertiary alicyclic amines) is 1. The molecule has 7 nitrogen and oxygen atoms in total. The number of nitro groups is 1. The monoisotopic (exact) mass is 355 g/mol. The lowest BCUT2D eigenvalue weighted by Gasteiger charge is -2.32. The van der Waals surface area contributed by atoms with Gasteiger partial charge in [0, 0.05) is 31.3 Å². The Morgan fingerprint density at radius 3 is 2.73 bits per heavy atom. The van der Waals surface area contributed by atoms with Gasteiger partial charge in [0.2, 0.25) is 0 Å². The minimum absolute atomic E-state index is 0.129. The van der Waals surface area contributed by atoms with E-state index < -0.39 is 4.92 Å². The van der Waals surface area contributed by atoms with Gasteiger partial charge < -0.3 is 15.0 Å². The highest BCUT2D eigenvalue weighted by molar-refractivity contribution is 5.97. The fraction of sp³-hybridized carbons (Fsp3) is 0.316. The molecule has 1 saturated heterocycles. The first kappa shape index (κ1) is 17.9. The van der Waals surface area contributed by atoms with E-state index in [1.54, 1.807) is 17.0 Å². The zero-order valence-corrected chi connectivity index (χ0v) is 14.6. The second kappa shape index (κ2) is 7.97. The van der Waals surface area contributed by atoms with Gasteiger partial charge in [-0.3, -0.25) is 14.9 Å². The molecule has 2 aromatic carbocycles. The number of piperidine rings is 1. The predicted octanol–water partition coefficient (Wildman–Crippen LogP) is 3.21. The second-order valence-corrected chi connectivity index (χ2v) is 6.23. The molecule has 0 spiro atoms. The second-order valence-electron chi connectivity index (χ2n) is 6.23. The smallest absolute Gasteiger partial charge is 0.270 e. The Labute approximate surface area is 151 Å². The van der Waals surface area contributed by atoms with Crippen molar-refractivity contribution in [3.05, 3.63) is 64.2 Å². The first-order chi connectivity index (χ1) is 12.6. The summed E-state index contributed by atoms with van der Waals surface area (Å²) >= 11 is 0. The SMILES string of the molecule is CNC1CCCN(C(=O)c2cc([N+](=O)[O-])ccc2Oc2ccccc2)C1. The van der Waals surface area contributed by atoms with E-state index >= 15 is 0 Å². The molecule has 0 aliphatic carbocycles. The number of nitrogens with zero attached hydrogens (tertiary/aromatic N) is 2. The molecule has 0 saturated carbocycles. The maximum atomic E-state index is 13.0. The number of non-ortho nitro benzene ring substituents is 1. The molecular weight excluding hydrogens is 334 g/mol. The maximum absolute atomic E-state index is 13.0. The Balaban J connectivity index is 1.93. The molecule has 1 fully saturated rings. The number of nitrogens with one attached hydrogen (secondary N) is 1. The molecule has 1 atom stereocenters. The Bertz CT molecular complexity index is 795. The highest BCUT2D eigenvalue weighted by atomic mass is 16.6. The van der Waals surface area contributed by atoms with Crippen LogP contribution < -0.4 is 10.1 Å². The Morgan fingerprint density at radius 2 is 2.04 bits per heavy atom. The molecule has 1 aliphatic rings. The van der Waals surface area contributed by atoms with Gasteiger partial charge in [0.1, 0.15) is 11.5 Å². The summed E-state index contributed by atoms with van der Waals surface area (Å²) in [6.45, 7) is 1.20. The van der Waals surface area contributed by atoms with E-state index in [-0.39, 0.29) is 23.2 Å². The van der Waals surface area contributed by atoms with Gasteiger partial charge in [-0.2, -0.15) is 0 Å². The van der Waals surface area contributed by atoms with Crippen molar-refractivity contribution < 1.29 is 14.5 Å². The van der Waals surface area contributed by atoms with E-state index in [0.29, 0.717) is 24.6 Å². The van der Waals surface area contributed by atoms with Crippen LogP contribution in [-0.2, 0) is 0 Å². The van der Waals surface area contributed by atoms with E-state index in [9.17, 15) is 14.9 Å². The molecule has 1 N–H and O–H groups in total. The summed E-state index contributed by atoms with van der Waals surface area (Å²) < 4.78 is 5.82. The predicted molar refractivity (Wildman–Crippen MR) is 97.6 cm³/mol. The van der Waals surface area contributed by atoms with Gasteiger partial charge in [0.05, 0.1) is 10.5 Å². The van der Waals surface area contributed by atoms with Crippen molar-refractivity contribution in [1.29, 1.82) is 0 Å². The van der Waals surface area contributed by atoms with E-state index in [1.807, 2.05) is 25.2 Å². The quantitative estimate of drug-likeness (QED) is 0.657. The summed E-state index contributed by atoms with van der Waals surface area (Å²) in [5.41, 5.74) is 0.0794. The summed E-state index contributed by atoms with van der Waals surface area (Å²) in [6, 6.07) is 13.4. The fourth-order valence-corrected chi connectivity index (χ4v) is 3.07. The van der Waals surface area contributed by atoms with Crippen molar-refractivity contribution in [2.75, 3.05) is 20.1 Å². The third-order valence-corrected chi connectivity index (χ3v) is 4.49. The number of hydrogen-bond acceptors (Lipinski definition) is 5. The molecule has 1 aliphatic heterocycles. The fourth-order valence-electron chi connectivity index (χ4n) is 3.07. The molecule has 1 heterocycles. The summed E-state index contributed by atoms with van der Waals surface area (Å²) in [5, 5.41) is 14.3. The zero-order valence-electron chi connectivity index (χ0n) is 14.6. The molecule has 0 radical (unpaired) electrons. The molecule has 2 aromatic rings. The van der Waals surface area contributed by atoms with Crippen molar-refractivity contribution >= 4 is 11.6 Å². The molecule has 0 aromatic heterocycles. The summed E-state index contributed by atoms with van der Waals surface area (Å²) in [4.78, 5) is 25.4. The maximum Gasteiger partial charge on any atom is 0.270 e. The summed E-state index contributed by atoms with van der Waals surface area (Å²) in [6.07, 6.45) is 1.89. The van der Waals surface area contributed by atoms with Crippen molar-refractivity contribution in [2.24, 2.45) is 0 Å². The van der Waals surface area contributed by atoms with Crippen LogP contribution in [0.5, 0.6) is 11.5 Å². The Hall–Kier alpha value is -2.93. The lowest BCUT2D eigenvalue weighted by molar-refractivity contribution is -0.384. The minimum Gasteiger partial charge on any atom is -0.457 e. The number of ether oxygens (including phenoxy) is 1. The number of carbonyl (C=O) groups excluding carboxylic acids is 1. The number of hydrogen-bond donors (Lipinski definition) is 1. The van der Waals surface area contributed by atoms with Gasteiger partial charge in [0.15, 0.2) is 0 Å². The van der Waals surface area contributed by atoms with Crippen molar-refractivity contribution in [2.45, 2.75) is 18.9 Å². The third kappa shape index (κ3) is 4.00. The van der Waals surface area contributed by atoms with Gasteiger partial charge in [-0.15, -0.1) is 0 Å². The standard InChI is InChI=1S/C19H21N3O4/c1-20-14-6-5-11-21(13-14)19(23)17-12-15(22(24)25)9-10-18(17)26-16-7-3-2-4-8-16/h2-4,7-10,12,14,20H,5-6,11,13H2,1H3. The van der Waals surface area contributed by atoms with Gasteiger partial charge in [-0.1, -0.05) is 18.2 Å². The van der Waals surface area contributed by atoms with Crippen molar-refractivity contribution in [1.82, 2.24) is 10.2 Å². The van der Waals surface area contributed by atoms with E-state index in [4.69, 9.17) is 4.74 Å². The molecule has 1 amide bonds. The van der Waals surface area contributed by atoms with E-state index in [2.05, 4.69) is 5.32 Å². The first-order valence-electron chi connectivity index (χ1n) is 8.56. The van der Waals surface area contributed by atoms with Crippen LogP contribution in [0.3, 0.4) is 0 Å². The van der Waals surface area contributed by atoms with E-state index in [0.717, 1.165) is 12.8 Å². The third-order valence-electron chi connectivity index (χ3n) is 4.49. The van der Waals surface area contributed by atoms with Crippen LogP contribution in [0.1, 0.15) is 23.2 Å². The van der Waals surface area contributed by atoms with Gasteiger partial charge in [-0.05, 0) is 38.1 Å². The molecule has 7 heteroatoms. The number of para-hydroxylation sites is 1. The van der Waals surface area contributed by atoms with Crippen LogP contribution in [0.15, 0.2) is 48.5 Å². The normalized spacial score (nSPS) is 17.0. The average molecular weight is 355 g/mol. The number of likely N-dealkylation sites (N-methyl/N-ethyl adjacent to an activating group) is 1. The molecule has 136 valence electrons. The highest BCUT2D eigenvalue weighted by Gasteiger charge is 2.27. The van der Waals surface area contributed by atoms with Crippen molar-refractivity contribution in [3.63, 3.8) is 0 Å². The van der Waals surface area contributed by atoms with Crippen molar-refractivity contribution in [3.8, 4) is 11.5 Å². The molecule has 0 bridgehead atoms. The largest absolute Gasteiger partial charge is 0.457 e. The number of nitro benzene ring substituents is 1. The zero-order chi connectivity index (χ0) is 18.5. The minimum atomic E-state index is -0.504. The number of carbonyl (C=O) groups is 1. The molecule has 1 unspecified atom stereocenters. The average Bonchev–Trinajstić information content (AvgIpc) is 2.68. The first-order valence-corrected chi connectivity index (χ1v) is 8.56. The number of benzene rings is 2.